The van der Waals surface area contributed by atoms with Crippen molar-refractivity contribution in [1.29, 1.82) is 0 Å². The normalized spacial score (nSPS) is 11.6. The first-order chi connectivity index (χ1) is 24.8. The van der Waals surface area contributed by atoms with E-state index in [9.17, 15) is 0 Å². The number of rotatable bonds is 5. The zero-order chi connectivity index (χ0) is 33.0. The fourth-order valence-electron chi connectivity index (χ4n) is 6.96. The number of hydrogen-bond donors (Lipinski definition) is 0. The van der Waals surface area contributed by atoms with Gasteiger partial charge in [0.25, 0.3) is 0 Å². The molecular formula is C45H27N3O2. The molecule has 0 fully saturated rings. The van der Waals surface area contributed by atoms with Crippen LogP contribution in [-0.4, -0.2) is 15.0 Å². The van der Waals surface area contributed by atoms with E-state index in [-0.39, 0.29) is 0 Å². The average Bonchev–Trinajstić information content (AvgIpc) is 3.76. The molecule has 0 aliphatic rings. The van der Waals surface area contributed by atoms with E-state index in [0.29, 0.717) is 17.5 Å². The van der Waals surface area contributed by atoms with E-state index in [1.54, 1.807) is 0 Å². The average molecular weight is 642 g/mol. The van der Waals surface area contributed by atoms with E-state index < -0.39 is 0 Å². The smallest absolute Gasteiger partial charge is 0.167 e. The summed E-state index contributed by atoms with van der Waals surface area (Å²) in [6, 6.07) is 55.8. The van der Waals surface area contributed by atoms with Crippen molar-refractivity contribution in [2.45, 2.75) is 0 Å². The summed E-state index contributed by atoms with van der Waals surface area (Å²) in [7, 11) is 0. The van der Waals surface area contributed by atoms with Crippen LogP contribution in [0.5, 0.6) is 0 Å². The third-order valence-corrected chi connectivity index (χ3v) is 9.36. The van der Waals surface area contributed by atoms with E-state index in [4.69, 9.17) is 23.8 Å². The second-order valence-corrected chi connectivity index (χ2v) is 12.4. The molecule has 234 valence electrons. The van der Waals surface area contributed by atoms with Crippen LogP contribution in [0, 0.1) is 0 Å². The van der Waals surface area contributed by atoms with Crippen LogP contribution in [0.15, 0.2) is 173 Å². The highest BCUT2D eigenvalue weighted by molar-refractivity contribution is 6.09. The number of para-hydroxylation sites is 3. The van der Waals surface area contributed by atoms with Crippen LogP contribution in [0.1, 0.15) is 0 Å². The van der Waals surface area contributed by atoms with Gasteiger partial charge in [0.1, 0.15) is 22.3 Å². The fourth-order valence-corrected chi connectivity index (χ4v) is 6.96. The second-order valence-electron chi connectivity index (χ2n) is 12.4. The molecular weight excluding hydrogens is 615 g/mol. The number of hydrogen-bond acceptors (Lipinski definition) is 5. The van der Waals surface area contributed by atoms with Crippen LogP contribution in [0.4, 0.5) is 0 Å². The van der Waals surface area contributed by atoms with Crippen LogP contribution in [0.3, 0.4) is 0 Å². The molecule has 0 N–H and O–H groups in total. The number of nitrogens with zero attached hydrogens (tertiary/aromatic N) is 3. The van der Waals surface area contributed by atoms with Crippen molar-refractivity contribution >= 4 is 43.9 Å². The number of furan rings is 2. The summed E-state index contributed by atoms with van der Waals surface area (Å²) >= 11 is 0. The Morgan fingerprint density at radius 3 is 1.70 bits per heavy atom. The second kappa shape index (κ2) is 11.4. The van der Waals surface area contributed by atoms with Crippen molar-refractivity contribution in [2.75, 3.05) is 0 Å². The summed E-state index contributed by atoms with van der Waals surface area (Å²) < 4.78 is 12.6. The molecule has 10 aromatic rings. The van der Waals surface area contributed by atoms with Crippen molar-refractivity contribution < 1.29 is 8.83 Å². The molecule has 3 heterocycles. The molecule has 3 aromatic heterocycles. The first kappa shape index (κ1) is 28.2. The van der Waals surface area contributed by atoms with Gasteiger partial charge >= 0.3 is 0 Å². The molecule has 0 spiro atoms. The van der Waals surface area contributed by atoms with Crippen molar-refractivity contribution in [3.63, 3.8) is 0 Å². The van der Waals surface area contributed by atoms with Crippen LogP contribution in [0.25, 0.3) is 100 Å². The summed E-state index contributed by atoms with van der Waals surface area (Å²) in [6.45, 7) is 0. The molecule has 0 unspecified atom stereocenters. The van der Waals surface area contributed by atoms with Crippen molar-refractivity contribution in [1.82, 2.24) is 15.0 Å². The molecule has 0 aliphatic heterocycles. The lowest BCUT2D eigenvalue weighted by Crippen LogP contribution is -2.01. The molecule has 5 nitrogen and oxygen atoms in total. The van der Waals surface area contributed by atoms with Crippen LogP contribution < -0.4 is 0 Å². The number of benzene rings is 7. The highest BCUT2D eigenvalue weighted by Gasteiger charge is 2.20. The quantitative estimate of drug-likeness (QED) is 0.187. The first-order valence-corrected chi connectivity index (χ1v) is 16.6. The lowest BCUT2D eigenvalue weighted by molar-refractivity contribution is 0.669. The molecule has 0 radical (unpaired) electrons. The Morgan fingerprint density at radius 2 is 0.860 bits per heavy atom. The monoisotopic (exact) mass is 641 g/mol. The van der Waals surface area contributed by atoms with Crippen LogP contribution >= 0.6 is 0 Å². The Bertz CT molecular complexity index is 2890. The summed E-state index contributed by atoms with van der Waals surface area (Å²) in [5, 5.41) is 4.14. The zero-order valence-electron chi connectivity index (χ0n) is 26.7. The van der Waals surface area contributed by atoms with E-state index in [0.717, 1.165) is 82.8 Å². The van der Waals surface area contributed by atoms with E-state index in [2.05, 4.69) is 91.0 Å². The van der Waals surface area contributed by atoms with Gasteiger partial charge in [-0.1, -0.05) is 121 Å². The summed E-state index contributed by atoms with van der Waals surface area (Å²) in [5.74, 6) is 1.69. The summed E-state index contributed by atoms with van der Waals surface area (Å²) in [5.41, 5.74) is 10.3. The molecule has 0 atom stereocenters. The van der Waals surface area contributed by atoms with Gasteiger partial charge in [0.15, 0.2) is 17.5 Å². The topological polar surface area (TPSA) is 65.0 Å². The molecule has 0 amide bonds. The Kier molecular flexibility index (Phi) is 6.42. The van der Waals surface area contributed by atoms with Crippen molar-refractivity contribution in [2.24, 2.45) is 0 Å². The Balaban J connectivity index is 1.20. The molecule has 5 heteroatoms. The minimum atomic E-state index is 0.541. The lowest BCUT2D eigenvalue weighted by atomic mass is 9.95. The van der Waals surface area contributed by atoms with E-state index in [1.165, 1.54) is 0 Å². The highest BCUT2D eigenvalue weighted by Crippen LogP contribution is 2.38. The van der Waals surface area contributed by atoms with Crippen molar-refractivity contribution in [3.05, 3.63) is 164 Å². The van der Waals surface area contributed by atoms with Gasteiger partial charge in [-0.15, -0.1) is 0 Å². The largest absolute Gasteiger partial charge is 0.456 e. The summed E-state index contributed by atoms with van der Waals surface area (Å²) in [4.78, 5) is 15.5. The van der Waals surface area contributed by atoms with Gasteiger partial charge in [-0.25, -0.2) is 15.0 Å². The number of aromatic nitrogens is 3. The van der Waals surface area contributed by atoms with E-state index in [1.807, 2.05) is 72.8 Å². The molecule has 0 aliphatic carbocycles. The predicted octanol–water partition coefficient (Wildman–Crippen LogP) is 12.0. The van der Waals surface area contributed by atoms with Gasteiger partial charge in [-0.2, -0.15) is 0 Å². The van der Waals surface area contributed by atoms with Gasteiger partial charge in [0.2, 0.25) is 0 Å². The molecule has 0 saturated carbocycles. The molecule has 50 heavy (non-hydrogen) atoms. The van der Waals surface area contributed by atoms with Crippen LogP contribution in [-0.2, 0) is 0 Å². The molecule has 7 aromatic carbocycles. The Morgan fingerprint density at radius 1 is 0.300 bits per heavy atom. The standard InChI is InChI=1S/C45H27N3O2/c1-2-12-28(13-3-1)29-14-10-15-30(26-29)32-16-4-5-19-36(32)44-46-43(31-24-25-41-38(27-31)34-18-7-8-22-39(34)49-41)47-45(48-44)37-21-11-20-35-33-17-6-9-23-40(33)50-42(35)37/h1-27H. The minimum Gasteiger partial charge on any atom is -0.456 e. The zero-order valence-corrected chi connectivity index (χ0v) is 26.7. The van der Waals surface area contributed by atoms with Gasteiger partial charge in [0, 0.05) is 32.7 Å². The molecule has 10 rings (SSSR count). The third-order valence-electron chi connectivity index (χ3n) is 9.36. The van der Waals surface area contributed by atoms with Gasteiger partial charge in [0.05, 0.1) is 5.56 Å². The maximum atomic E-state index is 6.46. The number of fused-ring (bicyclic) bond motifs is 6. The SMILES string of the molecule is c1ccc(-c2cccc(-c3ccccc3-c3nc(-c4ccc5oc6ccccc6c5c4)nc(-c4cccc5c4oc4ccccc45)n3)c2)cc1. The van der Waals surface area contributed by atoms with Gasteiger partial charge < -0.3 is 8.83 Å². The van der Waals surface area contributed by atoms with Crippen LogP contribution in [0.2, 0.25) is 0 Å². The van der Waals surface area contributed by atoms with E-state index >= 15 is 0 Å². The molecule has 0 bridgehead atoms. The fraction of sp³-hybridized carbons (Fsp3) is 0. The lowest BCUT2D eigenvalue weighted by Gasteiger charge is -2.13. The van der Waals surface area contributed by atoms with Gasteiger partial charge in [-0.3, -0.25) is 0 Å². The maximum absolute atomic E-state index is 6.46. The van der Waals surface area contributed by atoms with Crippen molar-refractivity contribution in [3.8, 4) is 56.4 Å². The first-order valence-electron chi connectivity index (χ1n) is 16.6. The Hall–Kier alpha value is -6.85. The third kappa shape index (κ3) is 4.67. The Labute approximate surface area is 287 Å². The highest BCUT2D eigenvalue weighted by atomic mass is 16.3. The predicted molar refractivity (Wildman–Crippen MR) is 202 cm³/mol. The maximum Gasteiger partial charge on any atom is 0.167 e. The molecule has 0 saturated heterocycles. The summed E-state index contributed by atoms with van der Waals surface area (Å²) in [6.07, 6.45) is 0. The van der Waals surface area contributed by atoms with Gasteiger partial charge in [-0.05, 0) is 64.7 Å². The minimum absolute atomic E-state index is 0.541.